The molecular formula is C17H35N. The topological polar surface area (TPSA) is 12.0 Å². The van der Waals surface area contributed by atoms with E-state index < -0.39 is 0 Å². The maximum Gasteiger partial charge on any atom is 0.00956 e. The number of hydrogen-bond donors (Lipinski definition) is 1. The third kappa shape index (κ3) is 5.73. The van der Waals surface area contributed by atoms with E-state index in [9.17, 15) is 0 Å². The van der Waals surface area contributed by atoms with Gasteiger partial charge in [0.15, 0.2) is 0 Å². The Labute approximate surface area is 115 Å². The van der Waals surface area contributed by atoms with Gasteiger partial charge in [-0.25, -0.2) is 0 Å². The van der Waals surface area contributed by atoms with Crippen LogP contribution in [0.1, 0.15) is 79.6 Å². The Balaban J connectivity index is 2.44. The SMILES string of the molecule is CCCNC(CCC(C)(C)C)C1CCC(CC)C1. The molecule has 0 aromatic rings. The number of hydrogen-bond acceptors (Lipinski definition) is 1. The Kier molecular flexibility index (Phi) is 6.70. The maximum absolute atomic E-state index is 3.83. The molecule has 1 saturated carbocycles. The lowest BCUT2D eigenvalue weighted by Crippen LogP contribution is -2.36. The van der Waals surface area contributed by atoms with Crippen LogP contribution in [0, 0.1) is 17.3 Å². The Morgan fingerprint density at radius 2 is 1.89 bits per heavy atom. The molecule has 1 heteroatoms. The first-order chi connectivity index (χ1) is 8.46. The lowest BCUT2D eigenvalue weighted by molar-refractivity contribution is 0.274. The van der Waals surface area contributed by atoms with Crippen LogP contribution in [0.3, 0.4) is 0 Å². The molecule has 1 fully saturated rings. The van der Waals surface area contributed by atoms with Crippen LogP contribution in [0.15, 0.2) is 0 Å². The van der Waals surface area contributed by atoms with Crippen molar-refractivity contribution in [1.29, 1.82) is 0 Å². The monoisotopic (exact) mass is 253 g/mol. The molecule has 108 valence electrons. The Morgan fingerprint density at radius 3 is 2.39 bits per heavy atom. The lowest BCUT2D eigenvalue weighted by Gasteiger charge is -2.28. The van der Waals surface area contributed by atoms with Crippen molar-refractivity contribution in [3.05, 3.63) is 0 Å². The van der Waals surface area contributed by atoms with Gasteiger partial charge in [0, 0.05) is 6.04 Å². The van der Waals surface area contributed by atoms with E-state index in [0.717, 1.165) is 17.9 Å². The van der Waals surface area contributed by atoms with Gasteiger partial charge in [-0.2, -0.15) is 0 Å². The van der Waals surface area contributed by atoms with Crippen molar-refractivity contribution in [2.24, 2.45) is 17.3 Å². The Bertz CT molecular complexity index is 216. The molecule has 0 aromatic heterocycles. The van der Waals surface area contributed by atoms with Crippen molar-refractivity contribution in [1.82, 2.24) is 5.32 Å². The molecule has 0 spiro atoms. The van der Waals surface area contributed by atoms with Crippen LogP contribution in [0.25, 0.3) is 0 Å². The molecule has 1 nitrogen and oxygen atoms in total. The van der Waals surface area contributed by atoms with Crippen LogP contribution < -0.4 is 5.32 Å². The van der Waals surface area contributed by atoms with Crippen molar-refractivity contribution in [3.8, 4) is 0 Å². The number of rotatable bonds is 7. The quantitative estimate of drug-likeness (QED) is 0.672. The predicted octanol–water partition coefficient (Wildman–Crippen LogP) is 5.01. The molecule has 0 aliphatic heterocycles. The second-order valence-corrected chi connectivity index (χ2v) is 7.51. The summed E-state index contributed by atoms with van der Waals surface area (Å²) in [7, 11) is 0. The second kappa shape index (κ2) is 7.53. The molecule has 0 amide bonds. The minimum atomic E-state index is 0.481. The first-order valence-corrected chi connectivity index (χ1v) is 8.19. The van der Waals surface area contributed by atoms with Crippen molar-refractivity contribution in [3.63, 3.8) is 0 Å². The second-order valence-electron chi connectivity index (χ2n) is 7.51. The summed E-state index contributed by atoms with van der Waals surface area (Å²) in [5.74, 6) is 1.96. The summed E-state index contributed by atoms with van der Waals surface area (Å²) < 4.78 is 0. The summed E-state index contributed by atoms with van der Waals surface area (Å²) in [6.07, 6.45) is 9.77. The summed E-state index contributed by atoms with van der Waals surface area (Å²) in [5, 5.41) is 3.83. The fraction of sp³-hybridized carbons (Fsp3) is 1.00. The maximum atomic E-state index is 3.83. The van der Waals surface area contributed by atoms with E-state index in [4.69, 9.17) is 0 Å². The van der Waals surface area contributed by atoms with Gasteiger partial charge in [-0.3, -0.25) is 0 Å². The van der Waals surface area contributed by atoms with Gasteiger partial charge in [0.25, 0.3) is 0 Å². The largest absolute Gasteiger partial charge is 0.314 e. The molecule has 0 bridgehead atoms. The molecule has 1 rings (SSSR count). The van der Waals surface area contributed by atoms with E-state index in [1.54, 1.807) is 0 Å². The molecule has 18 heavy (non-hydrogen) atoms. The third-order valence-electron chi connectivity index (χ3n) is 4.59. The van der Waals surface area contributed by atoms with Crippen LogP contribution in [-0.4, -0.2) is 12.6 Å². The van der Waals surface area contributed by atoms with Crippen molar-refractivity contribution in [2.75, 3.05) is 6.54 Å². The highest BCUT2D eigenvalue weighted by Crippen LogP contribution is 2.37. The molecule has 1 aliphatic rings. The van der Waals surface area contributed by atoms with Gasteiger partial charge < -0.3 is 5.32 Å². The summed E-state index contributed by atoms with van der Waals surface area (Å²) in [6, 6.07) is 0.778. The summed E-state index contributed by atoms with van der Waals surface area (Å²) >= 11 is 0. The van der Waals surface area contributed by atoms with E-state index in [1.165, 1.54) is 51.5 Å². The zero-order valence-corrected chi connectivity index (χ0v) is 13.4. The van der Waals surface area contributed by atoms with E-state index in [1.807, 2.05) is 0 Å². The zero-order chi connectivity index (χ0) is 13.6. The first-order valence-electron chi connectivity index (χ1n) is 8.19. The zero-order valence-electron chi connectivity index (χ0n) is 13.4. The van der Waals surface area contributed by atoms with Gasteiger partial charge in [-0.05, 0) is 55.9 Å². The van der Waals surface area contributed by atoms with Gasteiger partial charge in [0.05, 0.1) is 0 Å². The highest BCUT2D eigenvalue weighted by molar-refractivity contribution is 4.85. The lowest BCUT2D eigenvalue weighted by atomic mass is 9.84. The average Bonchev–Trinajstić information content (AvgIpc) is 2.76. The van der Waals surface area contributed by atoms with Crippen LogP contribution in [0.2, 0.25) is 0 Å². The van der Waals surface area contributed by atoms with Gasteiger partial charge >= 0.3 is 0 Å². The Morgan fingerprint density at radius 1 is 1.17 bits per heavy atom. The molecule has 0 saturated heterocycles. The van der Waals surface area contributed by atoms with E-state index in [0.29, 0.717) is 5.41 Å². The van der Waals surface area contributed by atoms with E-state index >= 15 is 0 Å². The standard InChI is InChI=1S/C17H35N/c1-6-12-18-16(10-11-17(3,4)5)15-9-8-14(7-2)13-15/h14-16,18H,6-13H2,1-5H3. The minimum Gasteiger partial charge on any atom is -0.314 e. The summed E-state index contributed by atoms with van der Waals surface area (Å²) in [6.45, 7) is 12.9. The predicted molar refractivity (Wildman–Crippen MR) is 81.9 cm³/mol. The van der Waals surface area contributed by atoms with Crippen LogP contribution in [0.5, 0.6) is 0 Å². The number of nitrogens with one attached hydrogen (secondary N) is 1. The molecule has 0 radical (unpaired) electrons. The van der Waals surface area contributed by atoms with E-state index in [2.05, 4.69) is 39.9 Å². The molecule has 0 heterocycles. The molecule has 1 aliphatic carbocycles. The van der Waals surface area contributed by atoms with Crippen molar-refractivity contribution >= 4 is 0 Å². The van der Waals surface area contributed by atoms with Gasteiger partial charge in [0.2, 0.25) is 0 Å². The summed E-state index contributed by atoms with van der Waals surface area (Å²) in [5.41, 5.74) is 0.481. The normalized spacial score (nSPS) is 26.5. The highest BCUT2D eigenvalue weighted by atomic mass is 14.9. The van der Waals surface area contributed by atoms with Gasteiger partial charge in [-0.15, -0.1) is 0 Å². The molecule has 0 aromatic carbocycles. The van der Waals surface area contributed by atoms with E-state index in [-0.39, 0.29) is 0 Å². The molecule has 3 unspecified atom stereocenters. The molecule has 1 N–H and O–H groups in total. The van der Waals surface area contributed by atoms with Crippen LogP contribution >= 0.6 is 0 Å². The third-order valence-corrected chi connectivity index (χ3v) is 4.59. The van der Waals surface area contributed by atoms with Crippen molar-refractivity contribution in [2.45, 2.75) is 85.6 Å². The summed E-state index contributed by atoms with van der Waals surface area (Å²) in [4.78, 5) is 0. The van der Waals surface area contributed by atoms with Crippen molar-refractivity contribution < 1.29 is 0 Å². The Hall–Kier alpha value is -0.0400. The van der Waals surface area contributed by atoms with Gasteiger partial charge in [0.1, 0.15) is 0 Å². The van der Waals surface area contributed by atoms with Crippen LogP contribution in [-0.2, 0) is 0 Å². The minimum absolute atomic E-state index is 0.481. The average molecular weight is 253 g/mol. The molecular weight excluding hydrogens is 218 g/mol. The smallest absolute Gasteiger partial charge is 0.00956 e. The fourth-order valence-corrected chi connectivity index (χ4v) is 3.27. The van der Waals surface area contributed by atoms with Crippen LogP contribution in [0.4, 0.5) is 0 Å². The first kappa shape index (κ1) is 16.0. The highest BCUT2D eigenvalue weighted by Gasteiger charge is 2.30. The fourth-order valence-electron chi connectivity index (χ4n) is 3.27. The molecule has 3 atom stereocenters. The van der Waals surface area contributed by atoms with Gasteiger partial charge in [-0.1, -0.05) is 47.5 Å².